The molecule has 23 heavy (non-hydrogen) atoms. The number of carbonyl (C=O) groups excluding carboxylic acids is 1. The summed E-state index contributed by atoms with van der Waals surface area (Å²) in [7, 11) is 0. The van der Waals surface area contributed by atoms with Crippen LogP contribution < -0.4 is 5.32 Å². The van der Waals surface area contributed by atoms with Gasteiger partial charge in [0, 0.05) is 23.2 Å². The van der Waals surface area contributed by atoms with Crippen molar-refractivity contribution in [3.8, 4) is 10.6 Å². The molecule has 1 fully saturated rings. The fraction of sp³-hybridized carbons (Fsp3) is 0.312. The van der Waals surface area contributed by atoms with E-state index in [1.54, 1.807) is 17.5 Å². The zero-order valence-electron chi connectivity index (χ0n) is 12.3. The van der Waals surface area contributed by atoms with Crippen LogP contribution in [0.25, 0.3) is 10.6 Å². The van der Waals surface area contributed by atoms with Gasteiger partial charge in [-0.3, -0.25) is 9.59 Å². The molecule has 0 radical (unpaired) electrons. The largest absolute Gasteiger partial charge is 0.481 e. The minimum atomic E-state index is -0.894. The molecule has 2 heterocycles. The Morgan fingerprint density at radius 3 is 2.78 bits per heavy atom. The molecule has 1 atom stereocenters. The molecule has 2 aromatic rings. The van der Waals surface area contributed by atoms with Crippen molar-refractivity contribution in [3.63, 3.8) is 0 Å². The number of nitrogens with zero attached hydrogens (tertiary/aromatic N) is 1. The summed E-state index contributed by atoms with van der Waals surface area (Å²) in [6.45, 7) is 0.639. The van der Waals surface area contributed by atoms with Gasteiger partial charge in [0.1, 0.15) is 11.1 Å². The molecule has 120 valence electrons. The maximum atomic E-state index is 12.0. The van der Waals surface area contributed by atoms with Gasteiger partial charge in [-0.25, -0.2) is 4.98 Å². The van der Waals surface area contributed by atoms with Gasteiger partial charge in [-0.1, -0.05) is 0 Å². The number of carbonyl (C=O) groups is 2. The Bertz CT molecular complexity index is 705. The number of ether oxygens (including phenoxy) is 1. The minimum Gasteiger partial charge on any atom is -0.481 e. The Morgan fingerprint density at radius 2 is 2.13 bits per heavy atom. The number of anilines is 1. The van der Waals surface area contributed by atoms with Gasteiger partial charge in [-0.05, 0) is 37.1 Å². The van der Waals surface area contributed by atoms with Crippen LogP contribution in [-0.4, -0.2) is 34.7 Å². The van der Waals surface area contributed by atoms with Crippen molar-refractivity contribution in [3.05, 3.63) is 35.3 Å². The predicted molar refractivity (Wildman–Crippen MR) is 86.5 cm³/mol. The van der Waals surface area contributed by atoms with Crippen LogP contribution in [0.5, 0.6) is 0 Å². The molecule has 1 aliphatic rings. The summed E-state index contributed by atoms with van der Waals surface area (Å²) in [5.41, 5.74) is 2.14. The molecule has 1 aliphatic heterocycles. The Morgan fingerprint density at radius 1 is 1.35 bits per heavy atom. The predicted octanol–water partition coefficient (Wildman–Crippen LogP) is 2.55. The molecule has 0 saturated carbocycles. The number of benzene rings is 1. The standard InChI is InChI=1S/C16H16N2O4S/c19-14(20)8-12-9-23-16(18-12)10-3-5-11(6-4-10)17-15(21)13-2-1-7-22-13/h3-6,9,13H,1-2,7-8H2,(H,17,21)(H,19,20). The summed E-state index contributed by atoms with van der Waals surface area (Å²) >= 11 is 1.40. The van der Waals surface area contributed by atoms with E-state index in [2.05, 4.69) is 10.3 Å². The second kappa shape index (κ2) is 6.89. The summed E-state index contributed by atoms with van der Waals surface area (Å²) in [6.07, 6.45) is 1.24. The number of nitrogens with one attached hydrogen (secondary N) is 1. The third-order valence-electron chi connectivity index (χ3n) is 3.51. The van der Waals surface area contributed by atoms with E-state index in [1.165, 1.54) is 11.3 Å². The third-order valence-corrected chi connectivity index (χ3v) is 4.45. The fourth-order valence-electron chi connectivity index (χ4n) is 2.38. The molecule has 3 rings (SSSR count). The zero-order valence-corrected chi connectivity index (χ0v) is 13.1. The van der Waals surface area contributed by atoms with Gasteiger partial charge in [-0.2, -0.15) is 0 Å². The molecule has 0 aliphatic carbocycles. The van der Waals surface area contributed by atoms with Gasteiger partial charge >= 0.3 is 5.97 Å². The molecule has 2 N–H and O–H groups in total. The number of thiazole rings is 1. The SMILES string of the molecule is O=C(O)Cc1csc(-c2ccc(NC(=O)C3CCCO3)cc2)n1. The summed E-state index contributed by atoms with van der Waals surface area (Å²) in [4.78, 5) is 27.0. The topological polar surface area (TPSA) is 88.5 Å². The van der Waals surface area contributed by atoms with E-state index in [1.807, 2.05) is 12.1 Å². The van der Waals surface area contributed by atoms with Crippen LogP contribution in [0.4, 0.5) is 5.69 Å². The van der Waals surface area contributed by atoms with E-state index < -0.39 is 5.97 Å². The first kappa shape index (κ1) is 15.6. The van der Waals surface area contributed by atoms with Gasteiger partial charge in [0.2, 0.25) is 0 Å². The van der Waals surface area contributed by atoms with Gasteiger partial charge in [0.15, 0.2) is 0 Å². The molecule has 1 unspecified atom stereocenters. The lowest BCUT2D eigenvalue weighted by Gasteiger charge is -2.10. The van der Waals surface area contributed by atoms with Crippen molar-refractivity contribution < 1.29 is 19.4 Å². The van der Waals surface area contributed by atoms with Crippen LogP contribution in [-0.2, 0) is 20.7 Å². The summed E-state index contributed by atoms with van der Waals surface area (Å²) in [6, 6.07) is 7.32. The van der Waals surface area contributed by atoms with Crippen LogP contribution >= 0.6 is 11.3 Å². The number of aromatic nitrogens is 1. The van der Waals surface area contributed by atoms with Gasteiger partial charge < -0.3 is 15.2 Å². The Labute approximate surface area is 137 Å². The van der Waals surface area contributed by atoms with E-state index in [-0.39, 0.29) is 18.4 Å². The highest BCUT2D eigenvalue weighted by atomic mass is 32.1. The molecule has 1 saturated heterocycles. The zero-order chi connectivity index (χ0) is 16.2. The van der Waals surface area contributed by atoms with Crippen molar-refractivity contribution in [2.24, 2.45) is 0 Å². The number of amides is 1. The number of rotatable bonds is 5. The molecule has 1 aromatic heterocycles. The Kier molecular flexibility index (Phi) is 4.68. The minimum absolute atomic E-state index is 0.0774. The lowest BCUT2D eigenvalue weighted by Crippen LogP contribution is -2.26. The van der Waals surface area contributed by atoms with Crippen LogP contribution in [0.2, 0.25) is 0 Å². The van der Waals surface area contributed by atoms with Gasteiger partial charge in [0.25, 0.3) is 5.91 Å². The van der Waals surface area contributed by atoms with Crippen molar-refractivity contribution >= 4 is 28.9 Å². The fourth-order valence-corrected chi connectivity index (χ4v) is 3.20. The first-order valence-electron chi connectivity index (χ1n) is 7.31. The van der Waals surface area contributed by atoms with Crippen LogP contribution in [0, 0.1) is 0 Å². The van der Waals surface area contributed by atoms with Crippen LogP contribution in [0.15, 0.2) is 29.6 Å². The average Bonchev–Trinajstić information content (AvgIpc) is 3.19. The van der Waals surface area contributed by atoms with Crippen molar-refractivity contribution in [1.29, 1.82) is 0 Å². The first-order chi connectivity index (χ1) is 11.1. The third kappa shape index (κ3) is 3.94. The Balaban J connectivity index is 1.65. The monoisotopic (exact) mass is 332 g/mol. The number of hydrogen-bond acceptors (Lipinski definition) is 5. The van der Waals surface area contributed by atoms with E-state index in [0.717, 1.165) is 23.4 Å². The quantitative estimate of drug-likeness (QED) is 0.878. The van der Waals surface area contributed by atoms with E-state index in [4.69, 9.17) is 9.84 Å². The maximum Gasteiger partial charge on any atom is 0.309 e. The smallest absolute Gasteiger partial charge is 0.309 e. The van der Waals surface area contributed by atoms with Crippen molar-refractivity contribution in [2.75, 3.05) is 11.9 Å². The maximum absolute atomic E-state index is 12.0. The average molecular weight is 332 g/mol. The molecule has 7 heteroatoms. The number of carboxylic acids is 1. The van der Waals surface area contributed by atoms with E-state index in [9.17, 15) is 9.59 Å². The van der Waals surface area contributed by atoms with Crippen molar-refractivity contribution in [1.82, 2.24) is 4.98 Å². The van der Waals surface area contributed by atoms with Gasteiger partial charge in [0.05, 0.1) is 12.1 Å². The summed E-state index contributed by atoms with van der Waals surface area (Å²) in [5, 5.41) is 14.1. The highest BCUT2D eigenvalue weighted by Crippen LogP contribution is 2.25. The van der Waals surface area contributed by atoms with E-state index in [0.29, 0.717) is 18.0 Å². The molecule has 0 bridgehead atoms. The Hall–Kier alpha value is -2.25. The molecule has 1 amide bonds. The number of hydrogen-bond donors (Lipinski definition) is 2. The highest BCUT2D eigenvalue weighted by Gasteiger charge is 2.23. The second-order valence-electron chi connectivity index (χ2n) is 5.28. The normalized spacial score (nSPS) is 17.1. The number of carboxylic acid groups (broad SMARTS) is 1. The number of aliphatic carboxylic acids is 1. The molecular formula is C16H16N2O4S. The van der Waals surface area contributed by atoms with Gasteiger partial charge in [-0.15, -0.1) is 11.3 Å². The lowest BCUT2D eigenvalue weighted by molar-refractivity contribution is -0.136. The van der Waals surface area contributed by atoms with Crippen LogP contribution in [0.1, 0.15) is 18.5 Å². The van der Waals surface area contributed by atoms with Crippen LogP contribution in [0.3, 0.4) is 0 Å². The second-order valence-corrected chi connectivity index (χ2v) is 6.14. The molecule has 1 aromatic carbocycles. The highest BCUT2D eigenvalue weighted by molar-refractivity contribution is 7.13. The molecule has 6 nitrogen and oxygen atoms in total. The summed E-state index contributed by atoms with van der Waals surface area (Å²) in [5.74, 6) is -1.01. The molecule has 0 spiro atoms. The summed E-state index contributed by atoms with van der Waals surface area (Å²) < 4.78 is 5.35. The van der Waals surface area contributed by atoms with E-state index >= 15 is 0 Å². The first-order valence-corrected chi connectivity index (χ1v) is 8.19. The van der Waals surface area contributed by atoms with Crippen molar-refractivity contribution in [2.45, 2.75) is 25.4 Å². The lowest BCUT2D eigenvalue weighted by atomic mass is 10.2. The molecular weight excluding hydrogens is 316 g/mol.